The maximum absolute atomic E-state index is 11.6. The molecule has 0 heterocycles. The number of nitrogens with zero attached hydrogens (tertiary/aromatic N) is 1. The predicted molar refractivity (Wildman–Crippen MR) is 85.8 cm³/mol. The standard InChI is InChI=1S/C16H18N2O3S/c1-11-3-5-13(6-4-11)9-22-10-16(20)21-8-15(19)14(7-17)12(2)18/h3-6,14,18H,8-10H2,1-2H3/t14-/m0/s1. The molecule has 6 heteroatoms. The van der Waals surface area contributed by atoms with E-state index in [2.05, 4.69) is 0 Å². The topological polar surface area (TPSA) is 91.0 Å². The number of carbonyl (C=O) groups excluding carboxylic acids is 2. The number of ether oxygens (including phenoxy) is 1. The van der Waals surface area contributed by atoms with Crippen LogP contribution in [0.25, 0.3) is 0 Å². The Morgan fingerprint density at radius 2 is 2.00 bits per heavy atom. The van der Waals surface area contributed by atoms with Crippen LogP contribution in [0.5, 0.6) is 0 Å². The molecular formula is C16H18N2O3S. The summed E-state index contributed by atoms with van der Waals surface area (Å²) >= 11 is 1.40. The lowest BCUT2D eigenvalue weighted by Gasteiger charge is -2.07. The van der Waals surface area contributed by atoms with Gasteiger partial charge in [0.05, 0.1) is 11.8 Å². The highest BCUT2D eigenvalue weighted by Crippen LogP contribution is 2.13. The quantitative estimate of drug-likeness (QED) is 0.587. The number of Topliss-reactive ketones (excluding diaryl/α,β-unsaturated/α-hetero) is 1. The second kappa shape index (κ2) is 9.00. The maximum Gasteiger partial charge on any atom is 0.316 e. The molecule has 0 amide bonds. The monoisotopic (exact) mass is 318 g/mol. The zero-order chi connectivity index (χ0) is 16.5. The normalized spacial score (nSPS) is 11.3. The van der Waals surface area contributed by atoms with Crippen molar-refractivity contribution in [3.05, 3.63) is 35.4 Å². The Kier molecular flexibility index (Phi) is 7.33. The highest BCUT2D eigenvalue weighted by molar-refractivity contribution is 7.99. The second-order valence-corrected chi connectivity index (χ2v) is 5.84. The van der Waals surface area contributed by atoms with E-state index in [1.165, 1.54) is 24.2 Å². The number of esters is 1. The first-order chi connectivity index (χ1) is 10.4. The Hall–Kier alpha value is -2.13. The summed E-state index contributed by atoms with van der Waals surface area (Å²) in [6.45, 7) is 2.93. The van der Waals surface area contributed by atoms with Crippen molar-refractivity contribution >= 4 is 29.2 Å². The number of benzene rings is 1. The number of thioether (sulfide) groups is 1. The van der Waals surface area contributed by atoms with Crippen LogP contribution < -0.4 is 0 Å². The lowest BCUT2D eigenvalue weighted by atomic mass is 10.0. The summed E-state index contributed by atoms with van der Waals surface area (Å²) in [5.74, 6) is -1.37. The van der Waals surface area contributed by atoms with Gasteiger partial charge in [0.1, 0.15) is 5.92 Å². The molecule has 1 atom stereocenters. The van der Waals surface area contributed by atoms with Gasteiger partial charge in [0.15, 0.2) is 12.4 Å². The van der Waals surface area contributed by atoms with E-state index >= 15 is 0 Å². The van der Waals surface area contributed by atoms with Crippen LogP contribution in [0.1, 0.15) is 18.1 Å². The van der Waals surface area contributed by atoms with Crippen molar-refractivity contribution in [1.29, 1.82) is 10.7 Å². The van der Waals surface area contributed by atoms with E-state index in [0.717, 1.165) is 5.56 Å². The molecule has 0 aromatic heterocycles. The average Bonchev–Trinajstić information content (AvgIpc) is 2.47. The van der Waals surface area contributed by atoms with E-state index in [-0.39, 0.29) is 11.5 Å². The van der Waals surface area contributed by atoms with Crippen molar-refractivity contribution in [2.45, 2.75) is 19.6 Å². The van der Waals surface area contributed by atoms with Gasteiger partial charge in [-0.15, -0.1) is 11.8 Å². The Morgan fingerprint density at radius 3 is 2.55 bits per heavy atom. The highest BCUT2D eigenvalue weighted by atomic mass is 32.2. The molecule has 0 saturated carbocycles. The number of hydrogen-bond donors (Lipinski definition) is 1. The first-order valence-electron chi connectivity index (χ1n) is 6.70. The van der Waals surface area contributed by atoms with Gasteiger partial charge in [0.2, 0.25) is 0 Å². The number of ketones is 1. The minimum atomic E-state index is -1.13. The Morgan fingerprint density at radius 1 is 1.36 bits per heavy atom. The molecule has 1 N–H and O–H groups in total. The van der Waals surface area contributed by atoms with Gasteiger partial charge in [-0.1, -0.05) is 29.8 Å². The Labute approximate surface area is 134 Å². The zero-order valence-corrected chi connectivity index (χ0v) is 13.4. The number of nitriles is 1. The van der Waals surface area contributed by atoms with Gasteiger partial charge in [-0.2, -0.15) is 5.26 Å². The van der Waals surface area contributed by atoms with Gasteiger partial charge in [-0.05, 0) is 19.4 Å². The lowest BCUT2D eigenvalue weighted by molar-refractivity contribution is -0.145. The van der Waals surface area contributed by atoms with Crippen LogP contribution in [0.3, 0.4) is 0 Å². The van der Waals surface area contributed by atoms with E-state index in [1.54, 1.807) is 6.07 Å². The smallest absolute Gasteiger partial charge is 0.316 e. The lowest BCUT2D eigenvalue weighted by Crippen LogP contribution is -2.26. The fraction of sp³-hybridized carbons (Fsp3) is 0.375. The third-order valence-electron chi connectivity index (χ3n) is 2.87. The summed E-state index contributed by atoms with van der Waals surface area (Å²) in [5, 5.41) is 16.1. The van der Waals surface area contributed by atoms with Crippen molar-refractivity contribution in [3.8, 4) is 6.07 Å². The summed E-state index contributed by atoms with van der Waals surface area (Å²) in [7, 11) is 0. The molecule has 22 heavy (non-hydrogen) atoms. The largest absolute Gasteiger partial charge is 0.457 e. The number of hydrogen-bond acceptors (Lipinski definition) is 6. The van der Waals surface area contributed by atoms with E-state index in [9.17, 15) is 9.59 Å². The summed E-state index contributed by atoms with van der Waals surface area (Å²) in [6.07, 6.45) is 0. The molecule has 0 aliphatic carbocycles. The first-order valence-corrected chi connectivity index (χ1v) is 7.85. The summed E-state index contributed by atoms with van der Waals surface area (Å²) in [6, 6.07) is 9.74. The summed E-state index contributed by atoms with van der Waals surface area (Å²) in [4.78, 5) is 23.1. The van der Waals surface area contributed by atoms with E-state index in [1.807, 2.05) is 31.2 Å². The van der Waals surface area contributed by atoms with Crippen LogP contribution in [0.4, 0.5) is 0 Å². The molecule has 1 aromatic rings. The molecule has 0 aliphatic rings. The van der Waals surface area contributed by atoms with Crippen molar-refractivity contribution in [2.75, 3.05) is 12.4 Å². The fourth-order valence-electron chi connectivity index (χ4n) is 1.62. The van der Waals surface area contributed by atoms with Gasteiger partial charge in [-0.25, -0.2) is 0 Å². The van der Waals surface area contributed by atoms with Crippen LogP contribution in [-0.2, 0) is 20.1 Å². The van der Waals surface area contributed by atoms with Crippen LogP contribution in [0.2, 0.25) is 0 Å². The van der Waals surface area contributed by atoms with Crippen LogP contribution in [0, 0.1) is 29.6 Å². The van der Waals surface area contributed by atoms with E-state index in [4.69, 9.17) is 15.4 Å². The minimum Gasteiger partial charge on any atom is -0.457 e. The van der Waals surface area contributed by atoms with Gasteiger partial charge < -0.3 is 10.1 Å². The van der Waals surface area contributed by atoms with Crippen molar-refractivity contribution in [1.82, 2.24) is 0 Å². The Balaban J connectivity index is 2.29. The van der Waals surface area contributed by atoms with Gasteiger partial charge in [-0.3, -0.25) is 9.59 Å². The van der Waals surface area contributed by atoms with Crippen LogP contribution in [0.15, 0.2) is 24.3 Å². The molecule has 0 bridgehead atoms. The first kappa shape index (κ1) is 17.9. The molecular weight excluding hydrogens is 300 g/mol. The predicted octanol–water partition coefficient (Wildman–Crippen LogP) is 2.52. The summed E-state index contributed by atoms with van der Waals surface area (Å²) in [5.41, 5.74) is 2.25. The van der Waals surface area contributed by atoms with Crippen LogP contribution in [-0.4, -0.2) is 29.8 Å². The third-order valence-corrected chi connectivity index (χ3v) is 3.85. The number of nitrogens with one attached hydrogen (secondary N) is 1. The molecule has 0 unspecified atom stereocenters. The number of carbonyl (C=O) groups is 2. The van der Waals surface area contributed by atoms with E-state index in [0.29, 0.717) is 5.75 Å². The average molecular weight is 318 g/mol. The third kappa shape index (κ3) is 6.10. The van der Waals surface area contributed by atoms with Gasteiger partial charge in [0, 0.05) is 11.5 Å². The molecule has 1 aromatic carbocycles. The second-order valence-electron chi connectivity index (χ2n) is 4.85. The molecule has 0 saturated heterocycles. The minimum absolute atomic E-state index is 0.0442. The van der Waals surface area contributed by atoms with Crippen molar-refractivity contribution in [2.24, 2.45) is 5.92 Å². The molecule has 0 aliphatic heterocycles. The summed E-state index contributed by atoms with van der Waals surface area (Å²) < 4.78 is 4.84. The van der Waals surface area contributed by atoms with Crippen molar-refractivity contribution in [3.63, 3.8) is 0 Å². The SMILES string of the molecule is CC(=N)[C@H](C#N)C(=O)COC(=O)CSCc1ccc(C)cc1. The number of aryl methyl sites for hydroxylation is 1. The zero-order valence-electron chi connectivity index (χ0n) is 12.6. The number of rotatable bonds is 8. The maximum atomic E-state index is 11.6. The highest BCUT2D eigenvalue weighted by Gasteiger charge is 2.21. The van der Waals surface area contributed by atoms with Crippen molar-refractivity contribution < 1.29 is 14.3 Å². The molecule has 0 fully saturated rings. The van der Waals surface area contributed by atoms with Gasteiger partial charge >= 0.3 is 5.97 Å². The van der Waals surface area contributed by atoms with E-state index < -0.39 is 24.3 Å². The molecule has 1 rings (SSSR count). The fourth-order valence-corrected chi connectivity index (χ4v) is 2.40. The molecule has 0 radical (unpaired) electrons. The molecule has 116 valence electrons. The van der Waals surface area contributed by atoms with Gasteiger partial charge in [0.25, 0.3) is 0 Å². The van der Waals surface area contributed by atoms with Crippen LogP contribution >= 0.6 is 11.8 Å². The Bertz CT molecular complexity index is 590. The molecule has 0 spiro atoms. The molecule has 5 nitrogen and oxygen atoms in total.